The van der Waals surface area contributed by atoms with Gasteiger partial charge in [-0.05, 0) is 38.1 Å². The Morgan fingerprint density at radius 1 is 0.812 bits per heavy atom. The lowest BCUT2D eigenvalue weighted by atomic mass is 9.92. The number of Topliss-reactive ketones (excluding diaryl/α,β-unsaturated/α-hetero) is 1. The Bertz CT molecular complexity index is 1200. The third kappa shape index (κ3) is 6.21. The molecule has 1 unspecified atom stereocenters. The molecule has 4 nitrogen and oxygen atoms in total. The Kier molecular flexibility index (Phi) is 7.75. The second-order valence-electron chi connectivity index (χ2n) is 7.72. The molecule has 1 atom stereocenters. The zero-order valence-electron chi connectivity index (χ0n) is 17.9. The summed E-state index contributed by atoms with van der Waals surface area (Å²) < 4.78 is 26.1. The molecular formula is C25H23BO4S2. The van der Waals surface area contributed by atoms with E-state index in [9.17, 15) is 18.0 Å². The average molecular weight is 462 g/mol. The molecule has 0 amide bonds. The summed E-state index contributed by atoms with van der Waals surface area (Å²) in [5, 5.41) is 0. The highest BCUT2D eigenvalue weighted by Gasteiger charge is 2.28. The molecule has 0 aliphatic heterocycles. The SMILES string of the molecule is [B]C(=O)c1ccc(C(=O)C(CSc2ccc(C)cc2)CS(=O)(=O)c2ccc(C)cc2)cc1. The number of rotatable bonds is 9. The van der Waals surface area contributed by atoms with Crippen molar-refractivity contribution in [2.24, 2.45) is 5.92 Å². The van der Waals surface area contributed by atoms with Gasteiger partial charge < -0.3 is 4.79 Å². The van der Waals surface area contributed by atoms with E-state index in [1.807, 2.05) is 38.1 Å². The molecule has 0 fully saturated rings. The zero-order chi connectivity index (χ0) is 23.3. The van der Waals surface area contributed by atoms with Gasteiger partial charge in [-0.15, -0.1) is 11.8 Å². The monoisotopic (exact) mass is 462 g/mol. The number of hydrogen-bond donors (Lipinski definition) is 0. The minimum absolute atomic E-state index is 0.199. The molecule has 162 valence electrons. The van der Waals surface area contributed by atoms with Crippen LogP contribution in [0.15, 0.2) is 82.6 Å². The molecule has 2 radical (unpaired) electrons. The summed E-state index contributed by atoms with van der Waals surface area (Å²) in [6.07, 6.45) is 0. The van der Waals surface area contributed by atoms with Crippen molar-refractivity contribution in [3.05, 3.63) is 95.1 Å². The molecule has 3 rings (SSSR count). The number of sulfone groups is 1. The molecule has 0 bridgehead atoms. The molecule has 0 spiro atoms. The van der Waals surface area contributed by atoms with Crippen LogP contribution < -0.4 is 0 Å². The van der Waals surface area contributed by atoms with E-state index in [0.29, 0.717) is 16.9 Å². The Hall–Kier alpha value is -2.64. The second kappa shape index (κ2) is 10.3. The van der Waals surface area contributed by atoms with Crippen molar-refractivity contribution in [3.63, 3.8) is 0 Å². The standard InChI is InChI=1S/C25H23BO4S2/c1-17-3-11-22(12-4-17)31-15-21(16-32(29,30)23-13-5-18(2)6-14-23)24(27)19-7-9-20(10-8-19)25(26)28/h3-14,21H,15-16H2,1-2H3. The summed E-state index contributed by atoms with van der Waals surface area (Å²) in [5.74, 6) is -1.03. The van der Waals surface area contributed by atoms with Gasteiger partial charge in [0.1, 0.15) is 5.68 Å². The van der Waals surface area contributed by atoms with Crippen molar-refractivity contribution >= 4 is 40.9 Å². The lowest BCUT2D eigenvalue weighted by Crippen LogP contribution is -2.26. The van der Waals surface area contributed by atoms with Gasteiger partial charge in [0.2, 0.25) is 0 Å². The Morgan fingerprint density at radius 2 is 1.31 bits per heavy atom. The van der Waals surface area contributed by atoms with Crippen LogP contribution in [0, 0.1) is 19.8 Å². The smallest absolute Gasteiger partial charge is 0.179 e. The first-order chi connectivity index (χ1) is 15.2. The molecule has 0 saturated heterocycles. The first-order valence-corrected chi connectivity index (χ1v) is 12.7. The number of thioether (sulfide) groups is 1. The third-order valence-electron chi connectivity index (χ3n) is 5.10. The quantitative estimate of drug-likeness (QED) is 0.263. The average Bonchev–Trinajstić information content (AvgIpc) is 2.77. The van der Waals surface area contributed by atoms with Gasteiger partial charge >= 0.3 is 0 Å². The van der Waals surface area contributed by atoms with Crippen molar-refractivity contribution in [1.29, 1.82) is 0 Å². The number of hydrogen-bond acceptors (Lipinski definition) is 5. The lowest BCUT2D eigenvalue weighted by Gasteiger charge is -2.17. The Balaban J connectivity index is 1.87. The summed E-state index contributed by atoms with van der Waals surface area (Å²) >= 11 is 1.45. The number of carbonyl (C=O) groups is 2. The van der Waals surface area contributed by atoms with Crippen LogP contribution in [0.5, 0.6) is 0 Å². The molecule has 0 N–H and O–H groups in total. The molecule has 7 heteroatoms. The molecule has 32 heavy (non-hydrogen) atoms. The van der Waals surface area contributed by atoms with E-state index < -0.39 is 21.4 Å². The van der Waals surface area contributed by atoms with Gasteiger partial charge in [-0.3, -0.25) is 4.79 Å². The van der Waals surface area contributed by atoms with E-state index in [1.165, 1.54) is 36.0 Å². The third-order valence-corrected chi connectivity index (χ3v) is 8.10. The van der Waals surface area contributed by atoms with E-state index in [2.05, 4.69) is 0 Å². The fraction of sp³-hybridized carbons (Fsp3) is 0.200. The van der Waals surface area contributed by atoms with E-state index in [0.717, 1.165) is 16.0 Å². The largest absolute Gasteiger partial charge is 0.307 e. The van der Waals surface area contributed by atoms with Gasteiger partial charge in [0.05, 0.1) is 10.6 Å². The molecule has 0 aliphatic carbocycles. The number of benzene rings is 3. The van der Waals surface area contributed by atoms with E-state index >= 15 is 0 Å². The van der Waals surface area contributed by atoms with Crippen LogP contribution in [-0.4, -0.2) is 39.2 Å². The van der Waals surface area contributed by atoms with Crippen LogP contribution >= 0.6 is 11.8 Å². The number of carbonyl (C=O) groups excluding carboxylic acids is 2. The van der Waals surface area contributed by atoms with Gasteiger partial charge in [0.25, 0.3) is 0 Å². The fourth-order valence-corrected chi connectivity index (χ4v) is 5.85. The van der Waals surface area contributed by atoms with Crippen LogP contribution in [0.2, 0.25) is 0 Å². The predicted octanol–water partition coefficient (Wildman–Crippen LogP) is 4.68. The van der Waals surface area contributed by atoms with Crippen LogP contribution in [-0.2, 0) is 9.84 Å². The number of aryl methyl sites for hydroxylation is 2. The van der Waals surface area contributed by atoms with Gasteiger partial charge in [0.15, 0.2) is 23.5 Å². The van der Waals surface area contributed by atoms with E-state index in [1.54, 1.807) is 24.3 Å². The van der Waals surface area contributed by atoms with Crippen LogP contribution in [0.25, 0.3) is 0 Å². The molecule has 3 aromatic rings. The minimum Gasteiger partial charge on any atom is -0.307 e. The zero-order valence-corrected chi connectivity index (χ0v) is 19.6. The maximum absolute atomic E-state index is 13.3. The maximum atomic E-state index is 13.3. The Labute approximate surface area is 194 Å². The molecule has 3 aromatic carbocycles. The first-order valence-electron chi connectivity index (χ1n) is 10.1. The minimum atomic E-state index is -3.67. The van der Waals surface area contributed by atoms with E-state index in [4.69, 9.17) is 7.85 Å². The van der Waals surface area contributed by atoms with E-state index in [-0.39, 0.29) is 16.4 Å². The van der Waals surface area contributed by atoms with Gasteiger partial charge in [-0.2, -0.15) is 0 Å². The van der Waals surface area contributed by atoms with Crippen LogP contribution in [0.4, 0.5) is 0 Å². The van der Waals surface area contributed by atoms with Gasteiger partial charge in [-0.25, -0.2) is 8.42 Å². The highest BCUT2D eigenvalue weighted by Crippen LogP contribution is 2.26. The first kappa shape index (κ1) is 24.0. The van der Waals surface area contributed by atoms with Crippen molar-refractivity contribution < 1.29 is 18.0 Å². The molecule has 0 saturated carbocycles. The summed E-state index contributed by atoms with van der Waals surface area (Å²) in [7, 11) is 1.60. The normalized spacial score (nSPS) is 12.3. The predicted molar refractivity (Wildman–Crippen MR) is 129 cm³/mol. The fourth-order valence-electron chi connectivity index (χ4n) is 3.17. The highest BCUT2D eigenvalue weighted by molar-refractivity contribution is 7.99. The lowest BCUT2D eigenvalue weighted by molar-refractivity contribution is 0.0942. The van der Waals surface area contributed by atoms with Crippen LogP contribution in [0.1, 0.15) is 31.8 Å². The van der Waals surface area contributed by atoms with Crippen molar-refractivity contribution in [2.45, 2.75) is 23.6 Å². The second-order valence-corrected chi connectivity index (χ2v) is 10.8. The van der Waals surface area contributed by atoms with Crippen molar-refractivity contribution in [2.75, 3.05) is 11.5 Å². The Morgan fingerprint density at radius 3 is 1.84 bits per heavy atom. The molecule has 0 heterocycles. The van der Waals surface area contributed by atoms with Crippen molar-refractivity contribution in [3.8, 4) is 0 Å². The molecular weight excluding hydrogens is 439 g/mol. The molecule has 0 aliphatic rings. The van der Waals surface area contributed by atoms with Gasteiger partial charge in [0, 0.05) is 27.7 Å². The topological polar surface area (TPSA) is 68.3 Å². The summed E-state index contributed by atoms with van der Waals surface area (Å²) in [6.45, 7) is 3.88. The maximum Gasteiger partial charge on any atom is 0.179 e. The summed E-state index contributed by atoms with van der Waals surface area (Å²) in [6, 6.07) is 20.5. The van der Waals surface area contributed by atoms with Crippen LogP contribution in [0.3, 0.4) is 0 Å². The highest BCUT2D eigenvalue weighted by atomic mass is 32.2. The molecule has 0 aromatic heterocycles. The summed E-state index contributed by atoms with van der Waals surface area (Å²) in [5.41, 5.74) is 2.14. The summed E-state index contributed by atoms with van der Waals surface area (Å²) in [4.78, 5) is 25.8. The van der Waals surface area contributed by atoms with Crippen molar-refractivity contribution in [1.82, 2.24) is 0 Å². The van der Waals surface area contributed by atoms with Gasteiger partial charge in [-0.1, -0.05) is 59.7 Å². The number of ketones is 1.